The molecule has 30 heavy (non-hydrogen) atoms. The summed E-state index contributed by atoms with van der Waals surface area (Å²) >= 11 is 0. The minimum absolute atomic E-state index is 0.875. The zero-order valence-electron chi connectivity index (χ0n) is 17.5. The Bertz CT molecular complexity index is 1140. The van der Waals surface area contributed by atoms with Crippen LogP contribution in [0.15, 0.2) is 60.8 Å². The average Bonchev–Trinajstić information content (AvgIpc) is 3.18. The van der Waals surface area contributed by atoms with E-state index >= 15 is 0 Å². The van der Waals surface area contributed by atoms with E-state index in [0.717, 1.165) is 66.8 Å². The summed E-state index contributed by atoms with van der Waals surface area (Å²) in [5.74, 6) is 2.17. The van der Waals surface area contributed by atoms with Crippen LogP contribution in [0.3, 0.4) is 0 Å². The quantitative estimate of drug-likeness (QED) is 0.520. The van der Waals surface area contributed by atoms with Crippen LogP contribution in [-0.4, -0.2) is 45.8 Å². The van der Waals surface area contributed by atoms with E-state index in [0.29, 0.717) is 0 Å². The molecule has 4 aromatic rings. The van der Waals surface area contributed by atoms with Gasteiger partial charge in [0.2, 0.25) is 0 Å². The first-order valence-electron chi connectivity index (χ1n) is 10.6. The molecule has 3 aromatic heterocycles. The van der Waals surface area contributed by atoms with Crippen molar-refractivity contribution in [2.45, 2.75) is 20.3 Å². The van der Waals surface area contributed by atoms with E-state index < -0.39 is 0 Å². The predicted molar refractivity (Wildman–Crippen MR) is 121 cm³/mol. The van der Waals surface area contributed by atoms with Crippen molar-refractivity contribution in [3.63, 3.8) is 0 Å². The van der Waals surface area contributed by atoms with E-state index in [4.69, 9.17) is 10.1 Å². The molecule has 4 heterocycles. The fourth-order valence-electron chi connectivity index (χ4n) is 4.24. The van der Waals surface area contributed by atoms with Gasteiger partial charge in [-0.05, 0) is 31.0 Å². The normalized spacial score (nSPS) is 14.5. The smallest absolute Gasteiger partial charge is 0.165 e. The average molecular weight is 399 g/mol. The highest BCUT2D eigenvalue weighted by molar-refractivity contribution is 5.81. The fraction of sp³-hybridized carbons (Fsp3) is 0.292. The molecule has 6 nitrogen and oxygen atoms in total. The molecule has 0 saturated carbocycles. The van der Waals surface area contributed by atoms with Gasteiger partial charge in [-0.15, -0.1) is 0 Å². The largest absolute Gasteiger partial charge is 0.353 e. The number of rotatable bonds is 4. The van der Waals surface area contributed by atoms with Crippen LogP contribution >= 0.6 is 0 Å². The van der Waals surface area contributed by atoms with Crippen LogP contribution in [0.25, 0.3) is 16.8 Å². The molecule has 6 heteroatoms. The van der Waals surface area contributed by atoms with Gasteiger partial charge in [0.1, 0.15) is 11.6 Å². The van der Waals surface area contributed by atoms with E-state index in [2.05, 4.69) is 65.0 Å². The van der Waals surface area contributed by atoms with Crippen molar-refractivity contribution in [1.82, 2.24) is 19.6 Å². The number of nitrogens with zero attached hydrogens (tertiary/aromatic N) is 6. The highest BCUT2D eigenvalue weighted by Gasteiger charge is 2.23. The number of aromatic nitrogens is 4. The highest BCUT2D eigenvalue weighted by Crippen LogP contribution is 2.31. The van der Waals surface area contributed by atoms with Crippen LogP contribution in [0, 0.1) is 6.92 Å². The van der Waals surface area contributed by atoms with Crippen molar-refractivity contribution in [1.29, 1.82) is 0 Å². The summed E-state index contributed by atoms with van der Waals surface area (Å²) in [7, 11) is 0. The van der Waals surface area contributed by atoms with Crippen LogP contribution in [0.4, 0.5) is 11.6 Å². The lowest BCUT2D eigenvalue weighted by atomic mass is 10.0. The monoisotopic (exact) mass is 398 g/mol. The van der Waals surface area contributed by atoms with Crippen molar-refractivity contribution >= 4 is 17.3 Å². The molecular formula is C24H26N6. The molecule has 0 spiro atoms. The fourth-order valence-corrected chi connectivity index (χ4v) is 4.24. The van der Waals surface area contributed by atoms with E-state index in [1.807, 2.05) is 28.9 Å². The lowest BCUT2D eigenvalue weighted by molar-refractivity contribution is 0.632. The number of piperazine rings is 1. The van der Waals surface area contributed by atoms with Gasteiger partial charge in [0.15, 0.2) is 5.65 Å². The molecule has 0 bridgehead atoms. The van der Waals surface area contributed by atoms with Gasteiger partial charge in [0.25, 0.3) is 0 Å². The second-order valence-electron chi connectivity index (χ2n) is 7.69. The van der Waals surface area contributed by atoms with Crippen LogP contribution in [0.2, 0.25) is 0 Å². The summed E-state index contributed by atoms with van der Waals surface area (Å²) in [5.41, 5.74) is 5.38. The number of benzene rings is 1. The Labute approximate surface area is 176 Å². The molecule has 0 unspecified atom stereocenters. The Morgan fingerprint density at radius 1 is 0.900 bits per heavy atom. The van der Waals surface area contributed by atoms with Crippen molar-refractivity contribution in [2.75, 3.05) is 36.0 Å². The van der Waals surface area contributed by atoms with Gasteiger partial charge in [-0.3, -0.25) is 0 Å². The maximum absolute atomic E-state index is 4.99. The number of pyridine rings is 1. The minimum atomic E-state index is 0.875. The molecule has 0 aliphatic carbocycles. The molecule has 0 N–H and O–H groups in total. The Balaban J connectivity index is 1.52. The first-order valence-corrected chi connectivity index (χ1v) is 10.6. The molecule has 1 aliphatic heterocycles. The Kier molecular flexibility index (Phi) is 4.83. The second kappa shape index (κ2) is 7.78. The van der Waals surface area contributed by atoms with Gasteiger partial charge in [0.05, 0.1) is 5.69 Å². The maximum atomic E-state index is 4.99. The third-order valence-corrected chi connectivity index (χ3v) is 5.75. The predicted octanol–water partition coefficient (Wildman–Crippen LogP) is 3.99. The third-order valence-electron chi connectivity index (χ3n) is 5.75. The van der Waals surface area contributed by atoms with Crippen LogP contribution < -0.4 is 9.80 Å². The maximum Gasteiger partial charge on any atom is 0.165 e. The van der Waals surface area contributed by atoms with Gasteiger partial charge in [-0.25, -0.2) is 9.97 Å². The Hall–Kier alpha value is -3.41. The lowest BCUT2D eigenvalue weighted by Crippen LogP contribution is -2.47. The summed E-state index contributed by atoms with van der Waals surface area (Å²) in [4.78, 5) is 14.2. The summed E-state index contributed by atoms with van der Waals surface area (Å²) in [6.07, 6.45) is 2.73. The topological polar surface area (TPSA) is 49.6 Å². The standard InChI is InChI=1S/C24H26N6/c1-3-20-23(19-9-5-4-6-10-19)24-26-18(2)17-22(30(24)27-20)29-15-13-28(14-16-29)21-11-7-8-12-25-21/h4-12,17H,3,13-16H2,1-2H3. The Morgan fingerprint density at radius 3 is 2.33 bits per heavy atom. The van der Waals surface area contributed by atoms with Crippen molar-refractivity contribution in [3.8, 4) is 11.1 Å². The number of fused-ring (bicyclic) bond motifs is 1. The number of aryl methyl sites for hydroxylation is 2. The van der Waals surface area contributed by atoms with E-state index in [-0.39, 0.29) is 0 Å². The highest BCUT2D eigenvalue weighted by atomic mass is 15.4. The summed E-state index contributed by atoms with van der Waals surface area (Å²) in [6, 6.07) is 18.7. The van der Waals surface area contributed by atoms with Gasteiger partial charge < -0.3 is 9.80 Å². The molecule has 0 radical (unpaired) electrons. The van der Waals surface area contributed by atoms with Crippen LogP contribution in [0.5, 0.6) is 0 Å². The van der Waals surface area contributed by atoms with E-state index in [1.54, 1.807) is 0 Å². The zero-order valence-corrected chi connectivity index (χ0v) is 17.5. The summed E-state index contributed by atoms with van der Waals surface area (Å²) in [5, 5.41) is 4.99. The van der Waals surface area contributed by atoms with Crippen molar-refractivity contribution in [2.24, 2.45) is 0 Å². The number of hydrogen-bond acceptors (Lipinski definition) is 5. The first kappa shape index (κ1) is 18.6. The van der Waals surface area contributed by atoms with E-state index in [1.165, 1.54) is 5.56 Å². The van der Waals surface area contributed by atoms with E-state index in [9.17, 15) is 0 Å². The molecule has 5 rings (SSSR count). The van der Waals surface area contributed by atoms with Crippen LogP contribution in [-0.2, 0) is 6.42 Å². The molecule has 1 aromatic carbocycles. The second-order valence-corrected chi connectivity index (χ2v) is 7.69. The molecule has 1 aliphatic rings. The zero-order chi connectivity index (χ0) is 20.5. The summed E-state index contributed by atoms with van der Waals surface area (Å²) in [6.45, 7) is 7.96. The van der Waals surface area contributed by atoms with Gasteiger partial charge >= 0.3 is 0 Å². The molecule has 1 fully saturated rings. The van der Waals surface area contributed by atoms with Crippen molar-refractivity contribution in [3.05, 3.63) is 72.2 Å². The SMILES string of the molecule is CCc1nn2c(N3CCN(c4ccccn4)CC3)cc(C)nc2c1-c1ccccc1. The molecule has 0 atom stereocenters. The molecule has 152 valence electrons. The minimum Gasteiger partial charge on any atom is -0.353 e. The first-order chi connectivity index (χ1) is 14.7. The van der Waals surface area contributed by atoms with Crippen molar-refractivity contribution < 1.29 is 0 Å². The van der Waals surface area contributed by atoms with Gasteiger partial charge in [-0.1, -0.05) is 43.3 Å². The van der Waals surface area contributed by atoms with Gasteiger partial charge in [-0.2, -0.15) is 9.61 Å². The number of hydrogen-bond donors (Lipinski definition) is 0. The third kappa shape index (κ3) is 3.28. The lowest BCUT2D eigenvalue weighted by Gasteiger charge is -2.36. The molecule has 1 saturated heterocycles. The number of anilines is 2. The summed E-state index contributed by atoms with van der Waals surface area (Å²) < 4.78 is 2.05. The van der Waals surface area contributed by atoms with Crippen LogP contribution in [0.1, 0.15) is 18.3 Å². The molecular weight excluding hydrogens is 372 g/mol. The van der Waals surface area contributed by atoms with Gasteiger partial charge in [0, 0.05) is 49.7 Å². The molecule has 0 amide bonds. The Morgan fingerprint density at radius 2 is 1.63 bits per heavy atom.